The zero-order valence-corrected chi connectivity index (χ0v) is 10.7. The Morgan fingerprint density at radius 2 is 1.80 bits per heavy atom. The first kappa shape index (κ1) is 12.7. The monoisotopic (exact) mass is 211 g/mol. The second kappa shape index (κ2) is 5.11. The summed E-state index contributed by atoms with van der Waals surface area (Å²) in [4.78, 5) is 14.1. The van der Waals surface area contributed by atoms with Crippen molar-refractivity contribution >= 4 is 5.78 Å². The summed E-state index contributed by atoms with van der Waals surface area (Å²) in [6.07, 6.45) is 4.42. The quantitative estimate of drug-likeness (QED) is 0.715. The minimum atomic E-state index is -0.147. The van der Waals surface area contributed by atoms with Gasteiger partial charge < -0.3 is 4.90 Å². The van der Waals surface area contributed by atoms with Gasteiger partial charge in [0.2, 0.25) is 0 Å². The lowest BCUT2D eigenvalue weighted by Crippen LogP contribution is -2.31. The van der Waals surface area contributed by atoms with Gasteiger partial charge in [-0.15, -0.1) is 0 Å². The van der Waals surface area contributed by atoms with Gasteiger partial charge in [-0.05, 0) is 45.3 Å². The smallest absolute Gasteiger partial charge is 0.138 e. The summed E-state index contributed by atoms with van der Waals surface area (Å²) in [5.41, 5.74) is -0.147. The van der Waals surface area contributed by atoms with Crippen LogP contribution in [0.2, 0.25) is 0 Å². The van der Waals surface area contributed by atoms with Crippen LogP contribution in [0.5, 0.6) is 0 Å². The second-order valence-corrected chi connectivity index (χ2v) is 5.96. The summed E-state index contributed by atoms with van der Waals surface area (Å²) >= 11 is 0. The normalized spacial score (nSPS) is 20.5. The number of carbonyl (C=O) groups excluding carboxylic acids is 1. The molecule has 1 rings (SSSR count). The van der Waals surface area contributed by atoms with Gasteiger partial charge >= 0.3 is 0 Å². The molecule has 0 atom stereocenters. The van der Waals surface area contributed by atoms with E-state index in [1.54, 1.807) is 0 Å². The third kappa shape index (κ3) is 4.33. The molecule has 0 aromatic carbocycles. The molecule has 0 saturated carbocycles. The molecule has 15 heavy (non-hydrogen) atoms. The minimum Gasteiger partial charge on any atom is -0.306 e. The highest BCUT2D eigenvalue weighted by Gasteiger charge is 2.23. The summed E-state index contributed by atoms with van der Waals surface area (Å²) in [7, 11) is 2.18. The largest absolute Gasteiger partial charge is 0.306 e. The van der Waals surface area contributed by atoms with Crippen molar-refractivity contribution in [3.8, 4) is 0 Å². The Morgan fingerprint density at radius 3 is 2.27 bits per heavy atom. The van der Waals surface area contributed by atoms with Crippen LogP contribution >= 0.6 is 0 Å². The Kier molecular flexibility index (Phi) is 4.32. The molecule has 1 aliphatic rings. The van der Waals surface area contributed by atoms with E-state index in [0.29, 0.717) is 5.78 Å². The van der Waals surface area contributed by atoms with Gasteiger partial charge in [0.1, 0.15) is 5.78 Å². The average Bonchev–Trinajstić information content (AvgIpc) is 2.15. The molecule has 0 aromatic rings. The van der Waals surface area contributed by atoms with E-state index in [4.69, 9.17) is 0 Å². The number of ketones is 1. The SMILES string of the molecule is CN1CCC(CCC(=O)C(C)(C)C)CC1. The highest BCUT2D eigenvalue weighted by atomic mass is 16.1. The molecule has 1 saturated heterocycles. The van der Waals surface area contributed by atoms with Crippen LogP contribution < -0.4 is 0 Å². The van der Waals surface area contributed by atoms with E-state index in [1.165, 1.54) is 25.9 Å². The summed E-state index contributed by atoms with van der Waals surface area (Å²) in [5, 5.41) is 0. The minimum absolute atomic E-state index is 0.147. The van der Waals surface area contributed by atoms with Gasteiger partial charge in [0.05, 0.1) is 0 Å². The number of Topliss-reactive ketones (excluding diaryl/α,β-unsaturated/α-hetero) is 1. The molecule has 0 spiro atoms. The average molecular weight is 211 g/mol. The Hall–Kier alpha value is -0.370. The van der Waals surface area contributed by atoms with Crippen molar-refractivity contribution in [3.63, 3.8) is 0 Å². The van der Waals surface area contributed by atoms with Crippen LogP contribution in [0.4, 0.5) is 0 Å². The number of hydrogen-bond acceptors (Lipinski definition) is 2. The van der Waals surface area contributed by atoms with E-state index in [9.17, 15) is 4.79 Å². The highest BCUT2D eigenvalue weighted by Crippen LogP contribution is 2.24. The number of hydrogen-bond donors (Lipinski definition) is 0. The molecule has 0 radical (unpaired) electrons. The molecule has 1 heterocycles. The molecular weight excluding hydrogens is 186 g/mol. The van der Waals surface area contributed by atoms with Gasteiger partial charge in [-0.3, -0.25) is 4.79 Å². The second-order valence-electron chi connectivity index (χ2n) is 5.96. The zero-order valence-electron chi connectivity index (χ0n) is 10.7. The molecule has 88 valence electrons. The number of rotatable bonds is 3. The Labute approximate surface area is 94.0 Å². The van der Waals surface area contributed by atoms with Crippen LogP contribution in [0.15, 0.2) is 0 Å². The fourth-order valence-electron chi connectivity index (χ4n) is 2.06. The Morgan fingerprint density at radius 1 is 1.27 bits per heavy atom. The maximum atomic E-state index is 11.8. The molecule has 2 heteroatoms. The molecule has 0 N–H and O–H groups in total. The summed E-state index contributed by atoms with van der Waals surface area (Å²) in [6.45, 7) is 8.46. The fourth-order valence-corrected chi connectivity index (χ4v) is 2.06. The van der Waals surface area contributed by atoms with E-state index in [1.807, 2.05) is 20.8 Å². The van der Waals surface area contributed by atoms with Crippen LogP contribution in [-0.4, -0.2) is 30.8 Å². The van der Waals surface area contributed by atoms with Gasteiger partial charge in [-0.2, -0.15) is 0 Å². The Bertz CT molecular complexity index is 209. The van der Waals surface area contributed by atoms with Gasteiger partial charge in [0.25, 0.3) is 0 Å². The summed E-state index contributed by atoms with van der Waals surface area (Å²) < 4.78 is 0. The number of carbonyl (C=O) groups is 1. The first-order chi connectivity index (χ1) is 6.89. The lowest BCUT2D eigenvalue weighted by Gasteiger charge is -2.29. The van der Waals surface area contributed by atoms with E-state index in [-0.39, 0.29) is 5.41 Å². The lowest BCUT2D eigenvalue weighted by atomic mass is 9.84. The first-order valence-electron chi connectivity index (χ1n) is 6.11. The van der Waals surface area contributed by atoms with Crippen molar-refractivity contribution < 1.29 is 4.79 Å². The van der Waals surface area contributed by atoms with Crippen molar-refractivity contribution in [2.45, 2.75) is 46.5 Å². The highest BCUT2D eigenvalue weighted by molar-refractivity contribution is 5.83. The molecule has 1 fully saturated rings. The molecule has 0 amide bonds. The topological polar surface area (TPSA) is 20.3 Å². The van der Waals surface area contributed by atoms with Crippen molar-refractivity contribution in [3.05, 3.63) is 0 Å². The standard InChI is InChI=1S/C13H25NO/c1-13(2,3)12(15)6-5-11-7-9-14(4)10-8-11/h11H,5-10H2,1-4H3. The molecule has 0 bridgehead atoms. The van der Waals surface area contributed by atoms with Crippen LogP contribution in [0.3, 0.4) is 0 Å². The van der Waals surface area contributed by atoms with E-state index in [0.717, 1.165) is 18.8 Å². The lowest BCUT2D eigenvalue weighted by molar-refractivity contribution is -0.126. The molecule has 0 unspecified atom stereocenters. The molecule has 0 aliphatic carbocycles. The van der Waals surface area contributed by atoms with Crippen LogP contribution in [0.25, 0.3) is 0 Å². The maximum absolute atomic E-state index is 11.8. The van der Waals surface area contributed by atoms with E-state index >= 15 is 0 Å². The van der Waals surface area contributed by atoms with Crippen molar-refractivity contribution in [2.24, 2.45) is 11.3 Å². The number of piperidine rings is 1. The van der Waals surface area contributed by atoms with E-state index < -0.39 is 0 Å². The van der Waals surface area contributed by atoms with Crippen LogP contribution in [-0.2, 0) is 4.79 Å². The predicted octanol–water partition coefficient (Wildman–Crippen LogP) is 2.72. The van der Waals surface area contributed by atoms with Gasteiger partial charge in [0.15, 0.2) is 0 Å². The molecule has 2 nitrogen and oxygen atoms in total. The maximum Gasteiger partial charge on any atom is 0.138 e. The number of nitrogens with zero attached hydrogens (tertiary/aromatic N) is 1. The Balaban J connectivity index is 2.23. The molecular formula is C13H25NO. The first-order valence-corrected chi connectivity index (χ1v) is 6.11. The zero-order chi connectivity index (χ0) is 11.5. The fraction of sp³-hybridized carbons (Fsp3) is 0.923. The van der Waals surface area contributed by atoms with Gasteiger partial charge in [0, 0.05) is 11.8 Å². The van der Waals surface area contributed by atoms with Crippen molar-refractivity contribution in [2.75, 3.05) is 20.1 Å². The number of likely N-dealkylation sites (tertiary alicyclic amines) is 1. The van der Waals surface area contributed by atoms with Gasteiger partial charge in [-0.1, -0.05) is 20.8 Å². The third-order valence-electron chi connectivity index (χ3n) is 3.45. The summed E-state index contributed by atoms with van der Waals surface area (Å²) in [6, 6.07) is 0. The van der Waals surface area contributed by atoms with Crippen LogP contribution in [0, 0.1) is 11.3 Å². The van der Waals surface area contributed by atoms with Crippen molar-refractivity contribution in [1.29, 1.82) is 0 Å². The van der Waals surface area contributed by atoms with Crippen LogP contribution in [0.1, 0.15) is 46.5 Å². The van der Waals surface area contributed by atoms with Gasteiger partial charge in [-0.25, -0.2) is 0 Å². The summed E-state index contributed by atoms with van der Waals surface area (Å²) in [5.74, 6) is 1.20. The van der Waals surface area contributed by atoms with E-state index in [2.05, 4.69) is 11.9 Å². The predicted molar refractivity (Wildman–Crippen MR) is 63.9 cm³/mol. The third-order valence-corrected chi connectivity index (χ3v) is 3.45. The molecule has 0 aromatic heterocycles. The van der Waals surface area contributed by atoms with Crippen molar-refractivity contribution in [1.82, 2.24) is 4.90 Å². The molecule has 1 aliphatic heterocycles.